The first kappa shape index (κ1) is 24.8. The lowest BCUT2D eigenvalue weighted by atomic mass is 10.2. The summed E-state index contributed by atoms with van der Waals surface area (Å²) in [6, 6.07) is 12.4. The number of rotatable bonds is 6. The molecule has 0 saturated heterocycles. The molecular weight excluding hydrogens is 561 g/mol. The van der Waals surface area contributed by atoms with Crippen molar-refractivity contribution in [1.29, 1.82) is 0 Å². The molecule has 0 unspecified atom stereocenters. The highest BCUT2D eigenvalue weighted by atomic mass is 127. The minimum absolute atomic E-state index is 0.0254. The monoisotopic (exact) mass is 583 g/mol. The molecule has 3 rings (SSSR count). The summed E-state index contributed by atoms with van der Waals surface area (Å²) >= 11 is 8.19. The number of benzene rings is 2. The molecular formula is C22H23ClIN5O4. The molecule has 0 aliphatic rings. The van der Waals surface area contributed by atoms with Gasteiger partial charge in [0.15, 0.2) is 0 Å². The zero-order valence-corrected chi connectivity index (χ0v) is 21.2. The summed E-state index contributed by atoms with van der Waals surface area (Å²) in [5.41, 5.74) is 0.826. The maximum Gasteiger partial charge on any atom is 0.353 e. The molecule has 0 amide bonds. The number of carbonyl (C=O) groups is 1. The van der Waals surface area contributed by atoms with Crippen molar-refractivity contribution in [1.82, 2.24) is 13.8 Å². The third kappa shape index (κ3) is 5.56. The molecule has 9 nitrogen and oxygen atoms in total. The van der Waals surface area contributed by atoms with Crippen LogP contribution < -0.4 is 22.8 Å². The van der Waals surface area contributed by atoms with Crippen LogP contribution in [0.4, 0.5) is 5.69 Å². The van der Waals surface area contributed by atoms with E-state index in [1.807, 2.05) is 19.1 Å². The maximum absolute atomic E-state index is 13.4. The number of hydrogen-bond acceptors (Lipinski definition) is 6. The van der Waals surface area contributed by atoms with Crippen LogP contribution in [0.1, 0.15) is 18.1 Å². The molecule has 1 heterocycles. The summed E-state index contributed by atoms with van der Waals surface area (Å²) in [6.07, 6.45) is 0. The minimum atomic E-state index is -0.788. The fraction of sp³-hybridized carbons (Fsp3) is 0.273. The number of esters is 1. The number of ether oxygens (including phenoxy) is 1. The van der Waals surface area contributed by atoms with E-state index in [1.165, 1.54) is 11.7 Å². The third-order valence-electron chi connectivity index (χ3n) is 5.04. The first-order chi connectivity index (χ1) is 15.6. The molecule has 0 spiro atoms. The molecule has 0 aliphatic heterocycles. The minimum Gasteiger partial charge on any atom is -0.469 e. The summed E-state index contributed by atoms with van der Waals surface area (Å²) in [5.74, 6) is 4.85. The molecule has 0 radical (unpaired) electrons. The van der Waals surface area contributed by atoms with Gasteiger partial charge in [-0.15, -0.1) is 0 Å². The highest BCUT2D eigenvalue weighted by molar-refractivity contribution is 14.1. The SMILES string of the molecule is COC(=O)[C@@H](C)Cn1c(=O)n(N)c(=Nc2ccc(I)c(C)c2)n(Cc2ccc(Cl)cc2)c1=O. The van der Waals surface area contributed by atoms with Crippen LogP contribution in [0.5, 0.6) is 0 Å². The average molecular weight is 584 g/mol. The molecule has 11 heteroatoms. The van der Waals surface area contributed by atoms with E-state index in [0.29, 0.717) is 10.7 Å². The fourth-order valence-electron chi connectivity index (χ4n) is 3.20. The number of halogens is 2. The molecule has 0 fully saturated rings. The van der Waals surface area contributed by atoms with Crippen LogP contribution >= 0.6 is 34.2 Å². The predicted octanol–water partition coefficient (Wildman–Crippen LogP) is 2.18. The van der Waals surface area contributed by atoms with Crippen molar-refractivity contribution in [3.8, 4) is 0 Å². The normalized spacial score (nSPS) is 12.6. The number of carbonyl (C=O) groups excluding carboxylic acids is 1. The Balaban J connectivity index is 2.26. The van der Waals surface area contributed by atoms with E-state index in [-0.39, 0.29) is 18.7 Å². The van der Waals surface area contributed by atoms with Crippen LogP contribution in [-0.2, 0) is 22.6 Å². The lowest BCUT2D eigenvalue weighted by Gasteiger charge is -2.16. The Morgan fingerprint density at radius 2 is 1.82 bits per heavy atom. The number of aromatic nitrogens is 3. The Hall–Kier alpha value is -2.86. The number of methoxy groups -OCH3 is 1. The summed E-state index contributed by atoms with van der Waals surface area (Å²) in [4.78, 5) is 42.8. The first-order valence-corrected chi connectivity index (χ1v) is 11.4. The van der Waals surface area contributed by atoms with Gasteiger partial charge in [-0.2, -0.15) is 4.68 Å². The van der Waals surface area contributed by atoms with Crippen LogP contribution in [0.2, 0.25) is 5.02 Å². The third-order valence-corrected chi connectivity index (χ3v) is 6.50. The quantitative estimate of drug-likeness (QED) is 0.272. The van der Waals surface area contributed by atoms with E-state index in [0.717, 1.165) is 23.9 Å². The molecule has 0 saturated carbocycles. The van der Waals surface area contributed by atoms with E-state index >= 15 is 0 Å². The highest BCUT2D eigenvalue weighted by Crippen LogP contribution is 2.18. The molecule has 33 heavy (non-hydrogen) atoms. The Morgan fingerprint density at radius 1 is 1.15 bits per heavy atom. The van der Waals surface area contributed by atoms with Crippen LogP contribution in [0, 0.1) is 16.4 Å². The van der Waals surface area contributed by atoms with Crippen LogP contribution in [0.15, 0.2) is 57.0 Å². The van der Waals surface area contributed by atoms with Gasteiger partial charge in [-0.1, -0.05) is 30.7 Å². The average Bonchev–Trinajstić information content (AvgIpc) is 2.80. The number of nitrogen functional groups attached to an aromatic ring is 1. The topological polar surface area (TPSA) is 114 Å². The van der Waals surface area contributed by atoms with E-state index in [1.54, 1.807) is 37.3 Å². The second kappa shape index (κ2) is 10.4. The van der Waals surface area contributed by atoms with Gasteiger partial charge in [0.25, 0.3) is 0 Å². The van der Waals surface area contributed by atoms with Gasteiger partial charge in [0.2, 0.25) is 5.62 Å². The molecule has 0 aliphatic carbocycles. The van der Waals surface area contributed by atoms with Gasteiger partial charge < -0.3 is 10.6 Å². The maximum atomic E-state index is 13.4. The summed E-state index contributed by atoms with van der Waals surface area (Å²) in [7, 11) is 1.24. The van der Waals surface area contributed by atoms with Gasteiger partial charge in [0.05, 0.1) is 25.3 Å². The van der Waals surface area contributed by atoms with Crippen molar-refractivity contribution in [2.24, 2.45) is 10.9 Å². The Labute approximate surface area is 208 Å². The van der Waals surface area contributed by atoms with E-state index in [9.17, 15) is 14.4 Å². The molecule has 2 N–H and O–H groups in total. The zero-order chi connectivity index (χ0) is 24.3. The van der Waals surface area contributed by atoms with E-state index < -0.39 is 23.3 Å². The smallest absolute Gasteiger partial charge is 0.353 e. The van der Waals surface area contributed by atoms with Gasteiger partial charge in [0, 0.05) is 15.1 Å². The van der Waals surface area contributed by atoms with Crippen molar-refractivity contribution < 1.29 is 9.53 Å². The fourth-order valence-corrected chi connectivity index (χ4v) is 3.66. The van der Waals surface area contributed by atoms with Crippen LogP contribution in [-0.4, -0.2) is 26.9 Å². The van der Waals surface area contributed by atoms with Crippen LogP contribution in [0.25, 0.3) is 0 Å². The van der Waals surface area contributed by atoms with Crippen molar-refractivity contribution in [3.05, 3.63) is 88.8 Å². The largest absolute Gasteiger partial charge is 0.469 e. The van der Waals surface area contributed by atoms with Gasteiger partial charge in [0.1, 0.15) is 0 Å². The summed E-state index contributed by atoms with van der Waals surface area (Å²) in [5, 5.41) is 0.552. The first-order valence-electron chi connectivity index (χ1n) is 9.97. The zero-order valence-electron chi connectivity index (χ0n) is 18.3. The lowest BCUT2D eigenvalue weighted by molar-refractivity contribution is -0.145. The Kier molecular flexibility index (Phi) is 7.80. The van der Waals surface area contributed by atoms with Gasteiger partial charge in [-0.25, -0.2) is 19.1 Å². The van der Waals surface area contributed by atoms with Gasteiger partial charge >= 0.3 is 17.3 Å². The molecule has 174 valence electrons. The van der Waals surface area contributed by atoms with Crippen molar-refractivity contribution in [2.45, 2.75) is 26.9 Å². The lowest BCUT2D eigenvalue weighted by Crippen LogP contribution is -2.58. The molecule has 2 aromatic carbocycles. The van der Waals surface area contributed by atoms with Crippen molar-refractivity contribution >= 4 is 45.8 Å². The highest BCUT2D eigenvalue weighted by Gasteiger charge is 2.20. The molecule has 1 atom stereocenters. The molecule has 1 aromatic heterocycles. The molecule has 0 bridgehead atoms. The van der Waals surface area contributed by atoms with E-state index in [4.69, 9.17) is 22.2 Å². The Bertz CT molecular complexity index is 1380. The van der Waals surface area contributed by atoms with Crippen LogP contribution in [0.3, 0.4) is 0 Å². The standard InChI is InChI=1S/C22H23ClIN5O4/c1-13-10-17(8-9-18(13)24)26-20-27(12-15-4-6-16(23)7-5-15)21(31)28(22(32)29(20)25)11-14(2)19(30)33-3/h4-10,14H,11-12,25H2,1-3H3/t14-/m0/s1. The predicted molar refractivity (Wildman–Crippen MR) is 134 cm³/mol. The molecule has 3 aromatic rings. The van der Waals surface area contributed by atoms with Gasteiger partial charge in [-0.3, -0.25) is 9.36 Å². The number of aryl methyl sites for hydroxylation is 1. The number of nitrogens with two attached hydrogens (primary N) is 1. The van der Waals surface area contributed by atoms with Gasteiger partial charge in [-0.05, 0) is 71.0 Å². The summed E-state index contributed by atoms with van der Waals surface area (Å²) < 4.78 is 8.80. The number of nitrogens with zero attached hydrogens (tertiary/aromatic N) is 4. The number of hydrogen-bond donors (Lipinski definition) is 1. The Morgan fingerprint density at radius 3 is 2.42 bits per heavy atom. The summed E-state index contributed by atoms with van der Waals surface area (Å²) in [6.45, 7) is 3.40. The van der Waals surface area contributed by atoms with Crippen molar-refractivity contribution in [2.75, 3.05) is 13.0 Å². The van der Waals surface area contributed by atoms with E-state index in [2.05, 4.69) is 27.6 Å². The van der Waals surface area contributed by atoms with Crippen molar-refractivity contribution in [3.63, 3.8) is 0 Å². The second-order valence-electron chi connectivity index (χ2n) is 7.53. The second-order valence-corrected chi connectivity index (χ2v) is 9.13.